The number of nitrogens with zero attached hydrogens (tertiary/aromatic N) is 2. The lowest BCUT2D eigenvalue weighted by Crippen LogP contribution is -2.32. The van der Waals surface area contributed by atoms with Gasteiger partial charge in [0.1, 0.15) is 17.3 Å². The number of aromatic nitrogens is 2. The van der Waals surface area contributed by atoms with Gasteiger partial charge in [-0.3, -0.25) is 0 Å². The van der Waals surface area contributed by atoms with Crippen molar-refractivity contribution < 1.29 is 14.3 Å². The predicted octanol–water partition coefficient (Wildman–Crippen LogP) is 4.66. The molecule has 0 radical (unpaired) electrons. The fourth-order valence-corrected chi connectivity index (χ4v) is 3.82. The summed E-state index contributed by atoms with van der Waals surface area (Å²) in [6, 6.07) is 23.4. The van der Waals surface area contributed by atoms with Crippen molar-refractivity contribution in [2.24, 2.45) is 0 Å². The molecule has 0 saturated heterocycles. The second-order valence-electron chi connectivity index (χ2n) is 7.60. The Kier molecular flexibility index (Phi) is 7.09. The molecule has 0 aliphatic rings. The molecule has 0 bridgehead atoms. The third-order valence-corrected chi connectivity index (χ3v) is 5.49. The number of para-hydroxylation sites is 2. The molecule has 4 aromatic rings. The number of imidazole rings is 1. The number of carbonyl (C=O) groups is 1. The first-order valence-corrected chi connectivity index (χ1v) is 10.9. The molecule has 7 nitrogen and oxygen atoms in total. The number of fused-ring (bicyclic) bond motifs is 1. The zero-order chi connectivity index (χ0) is 23.0. The topological polar surface area (TPSA) is 77.4 Å². The summed E-state index contributed by atoms with van der Waals surface area (Å²) in [5, 5.41) is 5.77. The number of urea groups is 1. The van der Waals surface area contributed by atoms with E-state index in [0.717, 1.165) is 29.7 Å². The second-order valence-corrected chi connectivity index (χ2v) is 7.60. The van der Waals surface area contributed by atoms with Crippen molar-refractivity contribution in [1.29, 1.82) is 0 Å². The highest BCUT2D eigenvalue weighted by molar-refractivity contribution is 5.91. The number of amides is 2. The lowest BCUT2D eigenvalue weighted by molar-refractivity contribution is 0.251. The Bertz CT molecular complexity index is 1220. The van der Waals surface area contributed by atoms with Gasteiger partial charge in [-0.1, -0.05) is 42.5 Å². The van der Waals surface area contributed by atoms with Gasteiger partial charge in [-0.05, 0) is 36.2 Å². The van der Waals surface area contributed by atoms with Gasteiger partial charge >= 0.3 is 6.03 Å². The van der Waals surface area contributed by atoms with E-state index in [1.165, 1.54) is 5.56 Å². The highest BCUT2D eigenvalue weighted by Crippen LogP contribution is 2.28. The van der Waals surface area contributed by atoms with Gasteiger partial charge in [0.05, 0.1) is 30.9 Å². The van der Waals surface area contributed by atoms with E-state index in [1.54, 1.807) is 32.4 Å². The molecule has 1 heterocycles. The van der Waals surface area contributed by atoms with E-state index in [0.29, 0.717) is 30.3 Å². The minimum atomic E-state index is -0.297. The van der Waals surface area contributed by atoms with Crippen LogP contribution in [0.1, 0.15) is 11.4 Å². The van der Waals surface area contributed by atoms with Crippen LogP contribution in [-0.4, -0.2) is 36.3 Å². The Morgan fingerprint density at radius 3 is 2.52 bits per heavy atom. The molecular weight excluding hydrogens is 416 g/mol. The van der Waals surface area contributed by atoms with Gasteiger partial charge in [0, 0.05) is 25.6 Å². The van der Waals surface area contributed by atoms with Crippen LogP contribution in [0.15, 0.2) is 72.8 Å². The summed E-state index contributed by atoms with van der Waals surface area (Å²) >= 11 is 0. The fourth-order valence-electron chi connectivity index (χ4n) is 3.82. The van der Waals surface area contributed by atoms with E-state index in [9.17, 15) is 4.79 Å². The Hall–Kier alpha value is -4.00. The van der Waals surface area contributed by atoms with Gasteiger partial charge in [-0.2, -0.15) is 0 Å². The largest absolute Gasteiger partial charge is 0.497 e. The summed E-state index contributed by atoms with van der Waals surface area (Å²) in [6.07, 6.45) is 1.74. The van der Waals surface area contributed by atoms with Crippen molar-refractivity contribution in [2.75, 3.05) is 26.1 Å². The molecule has 0 saturated carbocycles. The number of aryl methyl sites for hydroxylation is 2. The molecule has 0 atom stereocenters. The molecule has 0 aliphatic carbocycles. The monoisotopic (exact) mass is 444 g/mol. The van der Waals surface area contributed by atoms with Gasteiger partial charge in [-0.15, -0.1) is 0 Å². The van der Waals surface area contributed by atoms with Gasteiger partial charge in [-0.25, -0.2) is 9.78 Å². The van der Waals surface area contributed by atoms with E-state index >= 15 is 0 Å². The standard InChI is InChI=1S/C26H28N4O3/c1-32-20-13-14-22(24(18-20)33-2)29-26(31)27-16-17-30-23-11-7-6-10-21(23)28-25(30)15-12-19-8-4-3-5-9-19/h3-11,13-14,18H,12,15-17H2,1-2H3,(H2,27,29,31). The smallest absolute Gasteiger partial charge is 0.319 e. The Morgan fingerprint density at radius 2 is 1.73 bits per heavy atom. The van der Waals surface area contributed by atoms with Crippen LogP contribution < -0.4 is 20.1 Å². The molecule has 0 unspecified atom stereocenters. The Balaban J connectivity index is 1.41. The van der Waals surface area contributed by atoms with Gasteiger partial charge in [0.15, 0.2) is 0 Å². The summed E-state index contributed by atoms with van der Waals surface area (Å²) in [4.78, 5) is 17.3. The van der Waals surface area contributed by atoms with E-state index in [-0.39, 0.29) is 6.03 Å². The normalized spacial score (nSPS) is 10.7. The molecule has 7 heteroatoms. The van der Waals surface area contributed by atoms with E-state index in [2.05, 4.69) is 45.5 Å². The van der Waals surface area contributed by atoms with Gasteiger partial charge in [0.2, 0.25) is 0 Å². The van der Waals surface area contributed by atoms with Crippen molar-refractivity contribution >= 4 is 22.8 Å². The minimum absolute atomic E-state index is 0.297. The van der Waals surface area contributed by atoms with Crippen molar-refractivity contribution in [3.8, 4) is 11.5 Å². The minimum Gasteiger partial charge on any atom is -0.497 e. The first kappa shape index (κ1) is 22.2. The third-order valence-electron chi connectivity index (χ3n) is 5.49. The highest BCUT2D eigenvalue weighted by Gasteiger charge is 2.12. The van der Waals surface area contributed by atoms with Crippen molar-refractivity contribution in [3.05, 3.63) is 84.2 Å². The fraction of sp³-hybridized carbons (Fsp3) is 0.231. The molecule has 1 aromatic heterocycles. The van der Waals surface area contributed by atoms with E-state index in [4.69, 9.17) is 14.5 Å². The number of nitrogens with one attached hydrogen (secondary N) is 2. The molecule has 0 aliphatic heterocycles. The van der Waals surface area contributed by atoms with Gasteiger partial charge < -0.3 is 24.7 Å². The maximum absolute atomic E-state index is 12.5. The molecule has 2 amide bonds. The van der Waals surface area contributed by atoms with Crippen LogP contribution in [0, 0.1) is 0 Å². The quantitative estimate of drug-likeness (QED) is 0.394. The third kappa shape index (κ3) is 5.44. The molecule has 3 aromatic carbocycles. The lowest BCUT2D eigenvalue weighted by Gasteiger charge is -2.13. The Morgan fingerprint density at radius 1 is 0.939 bits per heavy atom. The molecule has 2 N–H and O–H groups in total. The van der Waals surface area contributed by atoms with Crippen LogP contribution in [0.3, 0.4) is 0 Å². The number of hydrogen-bond donors (Lipinski definition) is 2. The number of ether oxygens (including phenoxy) is 2. The molecule has 0 spiro atoms. The van der Waals surface area contributed by atoms with Gasteiger partial charge in [0.25, 0.3) is 0 Å². The molecule has 33 heavy (non-hydrogen) atoms. The van der Waals surface area contributed by atoms with Crippen LogP contribution in [0.2, 0.25) is 0 Å². The SMILES string of the molecule is COc1ccc(NC(=O)NCCn2c(CCc3ccccc3)nc3ccccc32)c(OC)c1. The molecule has 4 rings (SSSR count). The average Bonchev–Trinajstić information content (AvgIpc) is 3.21. The lowest BCUT2D eigenvalue weighted by atomic mass is 10.1. The van der Waals surface area contributed by atoms with Crippen molar-refractivity contribution in [3.63, 3.8) is 0 Å². The zero-order valence-electron chi connectivity index (χ0n) is 18.9. The number of rotatable bonds is 9. The maximum Gasteiger partial charge on any atom is 0.319 e. The predicted molar refractivity (Wildman–Crippen MR) is 130 cm³/mol. The number of carbonyl (C=O) groups excluding carboxylic acids is 1. The first-order valence-electron chi connectivity index (χ1n) is 10.9. The summed E-state index contributed by atoms with van der Waals surface area (Å²) in [6.45, 7) is 1.08. The molecule has 170 valence electrons. The van der Waals surface area contributed by atoms with Crippen LogP contribution in [0.25, 0.3) is 11.0 Å². The second kappa shape index (κ2) is 10.5. The number of benzene rings is 3. The summed E-state index contributed by atoms with van der Waals surface area (Å²) in [5.74, 6) is 2.21. The van der Waals surface area contributed by atoms with Crippen LogP contribution >= 0.6 is 0 Å². The number of anilines is 1. The van der Waals surface area contributed by atoms with Crippen molar-refractivity contribution in [1.82, 2.24) is 14.9 Å². The first-order chi connectivity index (χ1) is 16.2. The molecular formula is C26H28N4O3. The summed E-state index contributed by atoms with van der Waals surface area (Å²) in [5.41, 5.74) is 3.89. The summed E-state index contributed by atoms with van der Waals surface area (Å²) in [7, 11) is 3.14. The van der Waals surface area contributed by atoms with E-state index < -0.39 is 0 Å². The van der Waals surface area contributed by atoms with Crippen LogP contribution in [0.4, 0.5) is 10.5 Å². The highest BCUT2D eigenvalue weighted by atomic mass is 16.5. The number of hydrogen-bond acceptors (Lipinski definition) is 4. The average molecular weight is 445 g/mol. The number of methoxy groups -OCH3 is 2. The summed E-state index contributed by atoms with van der Waals surface area (Å²) < 4.78 is 12.7. The van der Waals surface area contributed by atoms with Crippen molar-refractivity contribution in [2.45, 2.75) is 19.4 Å². The van der Waals surface area contributed by atoms with Crippen LogP contribution in [0.5, 0.6) is 11.5 Å². The Labute approximate surface area is 193 Å². The van der Waals surface area contributed by atoms with E-state index in [1.807, 2.05) is 24.3 Å². The maximum atomic E-state index is 12.5. The zero-order valence-corrected chi connectivity index (χ0v) is 18.9. The van der Waals surface area contributed by atoms with Crippen LogP contribution in [-0.2, 0) is 19.4 Å². The molecule has 0 fully saturated rings.